The highest BCUT2D eigenvalue weighted by Gasteiger charge is 2.27. The zero-order valence-electron chi connectivity index (χ0n) is 7.83. The number of aromatic nitrogens is 2. The third kappa shape index (κ3) is 3.45. The molecule has 15 heavy (non-hydrogen) atoms. The molecule has 0 saturated heterocycles. The molecule has 0 aliphatic carbocycles. The summed E-state index contributed by atoms with van der Waals surface area (Å²) in [6, 6.07) is 1.42. The van der Waals surface area contributed by atoms with Crippen LogP contribution in [-0.2, 0) is 13.6 Å². The standard InChI is InChI=1S/C7H7Cl3N2O2S/c1-4-3-5(7(8,9)10)12-6(11-4)15(2,13)14/h3H,1-2H3. The van der Waals surface area contributed by atoms with E-state index in [0.29, 0.717) is 5.69 Å². The Morgan fingerprint density at radius 3 is 2.20 bits per heavy atom. The van der Waals surface area contributed by atoms with Gasteiger partial charge in [-0.15, -0.1) is 0 Å². The maximum absolute atomic E-state index is 11.2. The third-order valence-corrected chi connectivity index (χ3v) is 2.88. The Bertz CT molecular complexity index is 481. The molecule has 0 fully saturated rings. The first-order valence-electron chi connectivity index (χ1n) is 3.73. The second-order valence-corrected chi connectivity index (χ2v) is 7.14. The Balaban J connectivity index is 3.43. The minimum absolute atomic E-state index is 0.0421. The first-order chi connectivity index (χ1) is 6.60. The number of sulfone groups is 1. The highest BCUT2D eigenvalue weighted by molar-refractivity contribution is 7.90. The molecule has 0 aliphatic heterocycles. The minimum atomic E-state index is -3.51. The Labute approximate surface area is 103 Å². The van der Waals surface area contributed by atoms with E-state index in [9.17, 15) is 8.42 Å². The van der Waals surface area contributed by atoms with E-state index in [1.54, 1.807) is 6.92 Å². The number of rotatable bonds is 1. The van der Waals surface area contributed by atoms with Crippen molar-refractivity contribution in [1.82, 2.24) is 9.97 Å². The monoisotopic (exact) mass is 288 g/mol. The number of hydrogen-bond acceptors (Lipinski definition) is 4. The molecule has 4 nitrogen and oxygen atoms in total. The van der Waals surface area contributed by atoms with E-state index in [-0.39, 0.29) is 10.9 Å². The highest BCUT2D eigenvalue weighted by atomic mass is 35.6. The predicted molar refractivity (Wildman–Crippen MR) is 59.1 cm³/mol. The molecule has 0 amide bonds. The fraction of sp³-hybridized carbons (Fsp3) is 0.429. The lowest BCUT2D eigenvalue weighted by Crippen LogP contribution is -2.12. The van der Waals surface area contributed by atoms with Gasteiger partial charge in [-0.1, -0.05) is 34.8 Å². The maximum atomic E-state index is 11.2. The number of nitrogens with zero attached hydrogens (tertiary/aromatic N) is 2. The number of alkyl halides is 3. The average molecular weight is 290 g/mol. The van der Waals surface area contributed by atoms with E-state index in [2.05, 4.69) is 9.97 Å². The van der Waals surface area contributed by atoms with Crippen molar-refractivity contribution in [3.63, 3.8) is 0 Å². The van der Waals surface area contributed by atoms with Crippen molar-refractivity contribution in [2.24, 2.45) is 0 Å². The van der Waals surface area contributed by atoms with Crippen molar-refractivity contribution >= 4 is 44.6 Å². The number of hydrogen-bond donors (Lipinski definition) is 0. The van der Waals surface area contributed by atoms with Crippen LogP contribution in [0, 0.1) is 6.92 Å². The highest BCUT2D eigenvalue weighted by Crippen LogP contribution is 2.37. The largest absolute Gasteiger partial charge is 0.247 e. The van der Waals surface area contributed by atoms with Gasteiger partial charge in [0.2, 0.25) is 18.8 Å². The molecule has 1 rings (SSSR count). The Kier molecular flexibility index (Phi) is 3.50. The molecule has 0 unspecified atom stereocenters. The van der Waals surface area contributed by atoms with Crippen molar-refractivity contribution in [2.45, 2.75) is 15.9 Å². The summed E-state index contributed by atoms with van der Waals surface area (Å²) in [6.45, 7) is 1.59. The summed E-state index contributed by atoms with van der Waals surface area (Å²) in [5, 5.41) is -0.344. The van der Waals surface area contributed by atoms with Gasteiger partial charge in [0.05, 0.1) is 5.69 Å². The summed E-state index contributed by atoms with van der Waals surface area (Å²) in [5.74, 6) is 0. The molecule has 0 N–H and O–H groups in total. The molecular weight excluding hydrogens is 283 g/mol. The van der Waals surface area contributed by atoms with Crippen molar-refractivity contribution in [3.05, 3.63) is 17.5 Å². The van der Waals surface area contributed by atoms with Crippen LogP contribution in [0.2, 0.25) is 0 Å². The Morgan fingerprint density at radius 1 is 1.27 bits per heavy atom. The van der Waals surface area contributed by atoms with E-state index in [0.717, 1.165) is 6.26 Å². The van der Waals surface area contributed by atoms with Gasteiger partial charge in [0, 0.05) is 11.9 Å². The van der Waals surface area contributed by atoms with E-state index in [1.165, 1.54) is 6.07 Å². The fourth-order valence-corrected chi connectivity index (χ4v) is 1.72. The smallest absolute Gasteiger partial charge is 0.224 e. The summed E-state index contributed by atoms with van der Waals surface area (Å²) in [5.41, 5.74) is 0.465. The van der Waals surface area contributed by atoms with E-state index in [4.69, 9.17) is 34.8 Å². The lowest BCUT2D eigenvalue weighted by molar-refractivity contribution is 0.591. The molecule has 1 aromatic heterocycles. The molecule has 0 aromatic carbocycles. The van der Waals surface area contributed by atoms with Crippen LogP contribution in [0.1, 0.15) is 11.4 Å². The first-order valence-corrected chi connectivity index (χ1v) is 6.76. The van der Waals surface area contributed by atoms with Gasteiger partial charge in [0.1, 0.15) is 0 Å². The third-order valence-electron chi connectivity index (χ3n) is 1.46. The van der Waals surface area contributed by atoms with Crippen LogP contribution in [0.15, 0.2) is 11.2 Å². The summed E-state index contributed by atoms with van der Waals surface area (Å²) in [4.78, 5) is 7.42. The van der Waals surface area contributed by atoms with Crippen LogP contribution in [0.5, 0.6) is 0 Å². The average Bonchev–Trinajstić information content (AvgIpc) is 1.99. The number of halogens is 3. The molecular formula is C7H7Cl3N2O2S. The van der Waals surface area contributed by atoms with Crippen LogP contribution < -0.4 is 0 Å². The second-order valence-electron chi connectivity index (χ2n) is 2.95. The second kappa shape index (κ2) is 4.05. The Morgan fingerprint density at radius 2 is 1.80 bits per heavy atom. The van der Waals surface area contributed by atoms with Gasteiger partial charge < -0.3 is 0 Å². The van der Waals surface area contributed by atoms with Crippen LogP contribution in [0.4, 0.5) is 0 Å². The lowest BCUT2D eigenvalue weighted by Gasteiger charge is -2.11. The van der Waals surface area contributed by atoms with Crippen molar-refractivity contribution in [2.75, 3.05) is 6.26 Å². The van der Waals surface area contributed by atoms with Gasteiger partial charge in [0.15, 0.2) is 0 Å². The maximum Gasteiger partial charge on any atom is 0.247 e. The molecule has 0 aliphatic rings. The van der Waals surface area contributed by atoms with Crippen LogP contribution in [0.25, 0.3) is 0 Å². The predicted octanol–water partition coefficient (Wildman–Crippen LogP) is 2.02. The van der Waals surface area contributed by atoms with Crippen molar-refractivity contribution in [1.29, 1.82) is 0 Å². The summed E-state index contributed by atoms with van der Waals surface area (Å²) in [7, 11) is -3.51. The van der Waals surface area contributed by atoms with Gasteiger partial charge in [0.25, 0.3) is 0 Å². The normalized spacial score (nSPS) is 12.9. The summed E-state index contributed by atoms with van der Waals surface area (Å²) >= 11 is 16.8. The fourth-order valence-electron chi connectivity index (χ4n) is 0.852. The van der Waals surface area contributed by atoms with E-state index < -0.39 is 13.6 Å². The molecule has 0 saturated carbocycles. The Hall–Kier alpha value is -0.100. The van der Waals surface area contributed by atoms with Gasteiger partial charge >= 0.3 is 0 Å². The molecule has 1 aromatic rings. The van der Waals surface area contributed by atoms with E-state index in [1.807, 2.05) is 0 Å². The molecule has 0 spiro atoms. The van der Waals surface area contributed by atoms with Gasteiger partial charge in [-0.25, -0.2) is 18.4 Å². The zero-order valence-corrected chi connectivity index (χ0v) is 10.9. The molecule has 8 heteroatoms. The zero-order chi connectivity index (χ0) is 11.9. The molecule has 0 bridgehead atoms. The van der Waals surface area contributed by atoms with Gasteiger partial charge in [-0.2, -0.15) is 0 Å². The number of aryl methyl sites for hydroxylation is 1. The summed E-state index contributed by atoms with van der Waals surface area (Å²) < 4.78 is 20.7. The molecule has 0 radical (unpaired) electrons. The van der Waals surface area contributed by atoms with Crippen molar-refractivity contribution < 1.29 is 8.42 Å². The van der Waals surface area contributed by atoms with Crippen LogP contribution in [-0.4, -0.2) is 24.6 Å². The topological polar surface area (TPSA) is 59.9 Å². The van der Waals surface area contributed by atoms with Gasteiger partial charge in [-0.05, 0) is 13.0 Å². The first kappa shape index (κ1) is 13.0. The minimum Gasteiger partial charge on any atom is -0.224 e. The van der Waals surface area contributed by atoms with Crippen molar-refractivity contribution in [3.8, 4) is 0 Å². The van der Waals surface area contributed by atoms with Crippen LogP contribution >= 0.6 is 34.8 Å². The SMILES string of the molecule is Cc1cc(C(Cl)(Cl)Cl)nc(S(C)(=O)=O)n1. The molecule has 1 heterocycles. The quantitative estimate of drug-likeness (QED) is 0.586. The van der Waals surface area contributed by atoms with E-state index >= 15 is 0 Å². The van der Waals surface area contributed by atoms with Crippen LogP contribution in [0.3, 0.4) is 0 Å². The molecule has 0 atom stereocenters. The summed E-state index contributed by atoms with van der Waals surface area (Å²) in [6.07, 6.45) is 0.990. The molecule has 84 valence electrons. The van der Waals surface area contributed by atoms with Gasteiger partial charge in [-0.3, -0.25) is 0 Å². The lowest BCUT2D eigenvalue weighted by atomic mass is 10.3.